The van der Waals surface area contributed by atoms with E-state index >= 15 is 0 Å². The van der Waals surface area contributed by atoms with Gasteiger partial charge in [0.05, 0.1) is 6.10 Å². The van der Waals surface area contributed by atoms with E-state index in [0.29, 0.717) is 18.9 Å². The van der Waals surface area contributed by atoms with Crippen LogP contribution in [0.2, 0.25) is 0 Å². The third-order valence-electron chi connectivity index (χ3n) is 5.44. The van der Waals surface area contributed by atoms with Crippen molar-refractivity contribution in [3.8, 4) is 0 Å². The first-order valence-electron chi connectivity index (χ1n) is 10.2. The van der Waals surface area contributed by atoms with E-state index in [1.807, 2.05) is 30.3 Å². The summed E-state index contributed by atoms with van der Waals surface area (Å²) in [5.41, 5.74) is 0.948. The molecule has 2 aliphatic rings. The Hall–Kier alpha value is -2.34. The van der Waals surface area contributed by atoms with Crippen LogP contribution in [0, 0.1) is 0 Å². The fraction of sp³-hybridized carbons (Fsp3) is 0.524. The molecule has 4 rings (SSSR count). The lowest BCUT2D eigenvalue weighted by atomic mass is 10.1. The summed E-state index contributed by atoms with van der Waals surface area (Å²) < 4.78 is 0. The van der Waals surface area contributed by atoms with Crippen LogP contribution in [0.5, 0.6) is 0 Å². The molecule has 2 aliphatic heterocycles. The van der Waals surface area contributed by atoms with E-state index in [1.165, 1.54) is 25.7 Å². The molecule has 1 unspecified atom stereocenters. The van der Waals surface area contributed by atoms with E-state index < -0.39 is 6.10 Å². The second-order valence-corrected chi connectivity index (χ2v) is 7.44. The van der Waals surface area contributed by atoms with Gasteiger partial charge in [-0.2, -0.15) is 9.97 Å². The van der Waals surface area contributed by atoms with Gasteiger partial charge in [-0.15, -0.1) is 0 Å². The van der Waals surface area contributed by atoms with Crippen LogP contribution in [0.1, 0.15) is 43.8 Å². The van der Waals surface area contributed by atoms with Gasteiger partial charge in [-0.3, -0.25) is 0 Å². The maximum atomic E-state index is 10.4. The van der Waals surface area contributed by atoms with Gasteiger partial charge in [0, 0.05) is 38.8 Å². The highest BCUT2D eigenvalue weighted by Gasteiger charge is 2.20. The summed E-state index contributed by atoms with van der Waals surface area (Å²) in [6.45, 7) is 4.93. The number of rotatable bonds is 7. The largest absolute Gasteiger partial charge is 0.388 e. The molecule has 0 saturated carbocycles. The Morgan fingerprint density at radius 3 is 2.00 bits per heavy atom. The van der Waals surface area contributed by atoms with Crippen molar-refractivity contribution < 1.29 is 5.11 Å². The number of hydrogen-bond acceptors (Lipinski definition) is 6. The van der Waals surface area contributed by atoms with E-state index in [1.54, 1.807) is 0 Å². The van der Waals surface area contributed by atoms with Gasteiger partial charge >= 0.3 is 0 Å². The third-order valence-corrected chi connectivity index (χ3v) is 5.44. The van der Waals surface area contributed by atoms with E-state index in [0.717, 1.165) is 43.4 Å². The molecule has 2 saturated heterocycles. The number of aliphatic hydroxyl groups is 1. The molecule has 2 fully saturated rings. The highest BCUT2D eigenvalue weighted by molar-refractivity contribution is 5.55. The molecule has 144 valence electrons. The van der Waals surface area contributed by atoms with E-state index in [-0.39, 0.29) is 0 Å². The van der Waals surface area contributed by atoms with Crippen LogP contribution in [-0.2, 0) is 0 Å². The maximum Gasteiger partial charge on any atom is 0.226 e. The summed E-state index contributed by atoms with van der Waals surface area (Å²) in [6.07, 6.45) is 5.08. The van der Waals surface area contributed by atoms with Gasteiger partial charge in [-0.1, -0.05) is 30.3 Å². The van der Waals surface area contributed by atoms with Gasteiger partial charge in [0.2, 0.25) is 5.95 Å². The van der Waals surface area contributed by atoms with Gasteiger partial charge in [0.15, 0.2) is 0 Å². The molecule has 3 heterocycles. The number of nitrogens with one attached hydrogen (secondary N) is 1. The normalized spacial score (nSPS) is 18.1. The fourth-order valence-electron chi connectivity index (χ4n) is 3.88. The van der Waals surface area contributed by atoms with Crippen molar-refractivity contribution in [1.82, 2.24) is 9.97 Å². The van der Waals surface area contributed by atoms with Crippen LogP contribution in [0.15, 0.2) is 36.4 Å². The van der Waals surface area contributed by atoms with Crippen LogP contribution in [0.4, 0.5) is 17.6 Å². The lowest BCUT2D eigenvalue weighted by molar-refractivity contribution is 0.171. The van der Waals surface area contributed by atoms with Crippen LogP contribution >= 0.6 is 0 Å². The molecule has 0 radical (unpaired) electrons. The molecule has 6 nitrogen and oxygen atoms in total. The lowest BCUT2D eigenvalue weighted by Crippen LogP contribution is -2.24. The van der Waals surface area contributed by atoms with Crippen molar-refractivity contribution >= 4 is 17.6 Å². The zero-order valence-corrected chi connectivity index (χ0v) is 15.8. The van der Waals surface area contributed by atoms with Gasteiger partial charge in [-0.05, 0) is 37.7 Å². The van der Waals surface area contributed by atoms with Gasteiger partial charge in [0.25, 0.3) is 0 Å². The average molecular weight is 367 g/mol. The Bertz CT molecular complexity index is 692. The number of aromatic nitrogens is 2. The van der Waals surface area contributed by atoms with Crippen LogP contribution in [0.3, 0.4) is 0 Å². The van der Waals surface area contributed by atoms with E-state index in [4.69, 9.17) is 9.97 Å². The number of hydrogen-bond donors (Lipinski definition) is 2. The molecule has 2 N–H and O–H groups in total. The first kappa shape index (κ1) is 18.0. The smallest absolute Gasteiger partial charge is 0.226 e. The summed E-state index contributed by atoms with van der Waals surface area (Å²) in [5.74, 6) is 2.72. The average Bonchev–Trinajstić information content (AvgIpc) is 3.42. The van der Waals surface area contributed by atoms with Crippen molar-refractivity contribution in [2.24, 2.45) is 0 Å². The quantitative estimate of drug-likeness (QED) is 0.783. The molecule has 27 heavy (non-hydrogen) atoms. The minimum atomic E-state index is -0.474. The Morgan fingerprint density at radius 1 is 0.889 bits per heavy atom. The highest BCUT2D eigenvalue weighted by atomic mass is 16.3. The Morgan fingerprint density at radius 2 is 1.44 bits per heavy atom. The van der Waals surface area contributed by atoms with Crippen molar-refractivity contribution in [2.75, 3.05) is 47.8 Å². The van der Waals surface area contributed by atoms with Crippen molar-refractivity contribution in [1.29, 1.82) is 0 Å². The summed E-state index contributed by atoms with van der Waals surface area (Å²) in [4.78, 5) is 14.2. The van der Waals surface area contributed by atoms with Crippen LogP contribution in [-0.4, -0.2) is 47.8 Å². The Balaban J connectivity index is 1.44. The molecule has 2 aromatic rings. The predicted octanol–water partition coefficient (Wildman–Crippen LogP) is 3.21. The zero-order chi connectivity index (χ0) is 18.5. The first-order valence-corrected chi connectivity index (χ1v) is 10.2. The van der Waals surface area contributed by atoms with Gasteiger partial charge in [-0.25, -0.2) is 0 Å². The third kappa shape index (κ3) is 4.50. The molecule has 0 aliphatic carbocycles. The molecular formula is C21H29N5O. The molecule has 0 bridgehead atoms. The second-order valence-electron chi connectivity index (χ2n) is 7.44. The minimum Gasteiger partial charge on any atom is -0.388 e. The summed E-state index contributed by atoms with van der Waals surface area (Å²) in [7, 11) is 0. The molecule has 6 heteroatoms. The number of aliphatic hydroxyl groups excluding tert-OH is 1. The van der Waals surface area contributed by atoms with Gasteiger partial charge < -0.3 is 20.2 Å². The highest BCUT2D eigenvalue weighted by Crippen LogP contribution is 2.26. The molecule has 1 aromatic heterocycles. The standard InChI is InChI=1S/C21H29N5O/c27-18(17-8-2-1-3-9-17)10-11-22-21-23-19(25-12-4-5-13-25)16-20(24-21)26-14-6-7-15-26/h1-3,8-9,16,18,27H,4-7,10-15H2,(H,22,23,24). The lowest BCUT2D eigenvalue weighted by Gasteiger charge is -2.22. The van der Waals surface area contributed by atoms with Crippen molar-refractivity contribution in [3.05, 3.63) is 42.0 Å². The molecule has 0 amide bonds. The SMILES string of the molecule is OC(CCNc1nc(N2CCCC2)cc(N2CCCC2)n1)c1ccccc1. The fourth-order valence-corrected chi connectivity index (χ4v) is 3.88. The Kier molecular flexibility index (Phi) is 5.72. The predicted molar refractivity (Wildman–Crippen MR) is 109 cm³/mol. The van der Waals surface area contributed by atoms with Crippen molar-refractivity contribution in [2.45, 2.75) is 38.2 Å². The zero-order valence-electron chi connectivity index (χ0n) is 15.8. The second kappa shape index (κ2) is 8.57. The maximum absolute atomic E-state index is 10.4. The summed E-state index contributed by atoms with van der Waals surface area (Å²) in [5, 5.41) is 13.7. The molecular weight excluding hydrogens is 338 g/mol. The van der Waals surface area contributed by atoms with Gasteiger partial charge in [0.1, 0.15) is 11.6 Å². The van der Waals surface area contributed by atoms with E-state index in [2.05, 4.69) is 21.2 Å². The summed E-state index contributed by atoms with van der Waals surface area (Å²) >= 11 is 0. The first-order chi connectivity index (χ1) is 13.3. The number of nitrogens with zero attached hydrogens (tertiary/aromatic N) is 4. The minimum absolute atomic E-state index is 0.474. The van der Waals surface area contributed by atoms with Crippen LogP contribution < -0.4 is 15.1 Å². The Labute approximate surface area is 161 Å². The topological polar surface area (TPSA) is 64.5 Å². The molecule has 1 aromatic carbocycles. The van der Waals surface area contributed by atoms with E-state index in [9.17, 15) is 5.11 Å². The number of benzene rings is 1. The summed E-state index contributed by atoms with van der Waals surface area (Å²) in [6, 6.07) is 11.9. The molecule has 1 atom stereocenters. The monoisotopic (exact) mass is 367 g/mol. The van der Waals surface area contributed by atoms with Crippen LogP contribution in [0.25, 0.3) is 0 Å². The number of anilines is 3. The molecule has 0 spiro atoms. The van der Waals surface area contributed by atoms with Crippen molar-refractivity contribution in [3.63, 3.8) is 0 Å².